The highest BCUT2D eigenvalue weighted by Gasteiger charge is 2.19. The molecular weight excluding hydrogens is 240 g/mol. The molecule has 1 aliphatic heterocycles. The summed E-state index contributed by atoms with van der Waals surface area (Å²) in [5.74, 6) is 1.86. The van der Waals surface area contributed by atoms with Gasteiger partial charge in [0.15, 0.2) is 0 Å². The summed E-state index contributed by atoms with van der Waals surface area (Å²) in [7, 11) is 1.91. The standard InChI is InChI=1S/C14H22N4O/c1-3-15-12-7-6-8-13(16-12)17(2)11-14(19)18-9-4-5-10-18/h6-8H,3-5,9-11H2,1-2H3,(H,15,16). The Bertz CT molecular complexity index is 429. The number of rotatable bonds is 5. The van der Waals surface area contributed by atoms with Crippen LogP contribution in [0.15, 0.2) is 18.2 Å². The highest BCUT2D eigenvalue weighted by Crippen LogP contribution is 2.14. The van der Waals surface area contributed by atoms with Gasteiger partial charge in [-0.15, -0.1) is 0 Å². The Hall–Kier alpha value is -1.78. The normalized spacial score (nSPS) is 14.5. The summed E-state index contributed by atoms with van der Waals surface area (Å²) in [6.45, 7) is 5.07. The van der Waals surface area contributed by atoms with Gasteiger partial charge in [0.1, 0.15) is 11.6 Å². The number of nitrogens with zero attached hydrogens (tertiary/aromatic N) is 3. The van der Waals surface area contributed by atoms with Crippen LogP contribution >= 0.6 is 0 Å². The second kappa shape index (κ2) is 6.41. The zero-order valence-electron chi connectivity index (χ0n) is 11.7. The third-order valence-corrected chi connectivity index (χ3v) is 3.31. The molecule has 104 valence electrons. The van der Waals surface area contributed by atoms with E-state index < -0.39 is 0 Å². The predicted octanol–water partition coefficient (Wildman–Crippen LogP) is 1.57. The van der Waals surface area contributed by atoms with Gasteiger partial charge in [-0.3, -0.25) is 4.79 Å². The fourth-order valence-corrected chi connectivity index (χ4v) is 2.27. The minimum absolute atomic E-state index is 0.190. The molecule has 0 radical (unpaired) electrons. The smallest absolute Gasteiger partial charge is 0.242 e. The maximum Gasteiger partial charge on any atom is 0.242 e. The molecular formula is C14H22N4O. The summed E-state index contributed by atoms with van der Waals surface area (Å²) in [6.07, 6.45) is 2.26. The van der Waals surface area contributed by atoms with Gasteiger partial charge in [0, 0.05) is 26.7 Å². The highest BCUT2D eigenvalue weighted by molar-refractivity contribution is 5.81. The van der Waals surface area contributed by atoms with Gasteiger partial charge < -0.3 is 15.1 Å². The monoisotopic (exact) mass is 262 g/mol. The molecule has 1 aromatic heterocycles. The van der Waals surface area contributed by atoms with Crippen LogP contribution in [0.2, 0.25) is 0 Å². The number of carbonyl (C=O) groups excluding carboxylic acids is 1. The van der Waals surface area contributed by atoms with Crippen molar-refractivity contribution in [1.29, 1.82) is 0 Å². The van der Waals surface area contributed by atoms with Crippen molar-refractivity contribution in [2.24, 2.45) is 0 Å². The molecule has 1 N–H and O–H groups in total. The number of likely N-dealkylation sites (N-methyl/N-ethyl adjacent to an activating group) is 1. The molecule has 1 amide bonds. The zero-order valence-corrected chi connectivity index (χ0v) is 11.7. The lowest BCUT2D eigenvalue weighted by Gasteiger charge is -2.22. The van der Waals surface area contributed by atoms with E-state index in [4.69, 9.17) is 0 Å². The van der Waals surface area contributed by atoms with Crippen LogP contribution in [0.25, 0.3) is 0 Å². The Morgan fingerprint density at radius 1 is 1.42 bits per heavy atom. The average Bonchev–Trinajstić information content (AvgIpc) is 2.93. The lowest BCUT2D eigenvalue weighted by Crippen LogP contribution is -2.37. The Morgan fingerprint density at radius 2 is 2.16 bits per heavy atom. The number of likely N-dealkylation sites (tertiary alicyclic amines) is 1. The number of anilines is 2. The molecule has 0 atom stereocenters. The van der Waals surface area contributed by atoms with Crippen molar-refractivity contribution in [1.82, 2.24) is 9.88 Å². The van der Waals surface area contributed by atoms with Gasteiger partial charge in [-0.05, 0) is 31.9 Å². The Morgan fingerprint density at radius 3 is 2.84 bits per heavy atom. The molecule has 19 heavy (non-hydrogen) atoms. The molecule has 1 aromatic rings. The molecule has 0 aliphatic carbocycles. The largest absolute Gasteiger partial charge is 0.370 e. The second-order valence-electron chi connectivity index (χ2n) is 4.86. The first-order chi connectivity index (χ1) is 9.20. The number of nitrogens with one attached hydrogen (secondary N) is 1. The van der Waals surface area contributed by atoms with E-state index in [1.54, 1.807) is 0 Å². The highest BCUT2D eigenvalue weighted by atomic mass is 16.2. The van der Waals surface area contributed by atoms with Gasteiger partial charge in [0.25, 0.3) is 0 Å². The molecule has 2 heterocycles. The van der Waals surface area contributed by atoms with E-state index in [0.29, 0.717) is 6.54 Å². The van der Waals surface area contributed by atoms with E-state index in [0.717, 1.165) is 44.1 Å². The zero-order chi connectivity index (χ0) is 13.7. The van der Waals surface area contributed by atoms with Crippen molar-refractivity contribution in [3.8, 4) is 0 Å². The molecule has 0 bridgehead atoms. The first-order valence-corrected chi connectivity index (χ1v) is 6.90. The maximum absolute atomic E-state index is 12.1. The van der Waals surface area contributed by atoms with E-state index >= 15 is 0 Å². The first-order valence-electron chi connectivity index (χ1n) is 6.90. The minimum Gasteiger partial charge on any atom is -0.370 e. The van der Waals surface area contributed by atoms with Crippen molar-refractivity contribution >= 4 is 17.5 Å². The topological polar surface area (TPSA) is 48.5 Å². The average molecular weight is 262 g/mol. The van der Waals surface area contributed by atoms with Crippen LogP contribution in [0, 0.1) is 0 Å². The van der Waals surface area contributed by atoms with Crippen LogP contribution in [0.3, 0.4) is 0 Å². The van der Waals surface area contributed by atoms with Crippen molar-refractivity contribution in [2.45, 2.75) is 19.8 Å². The van der Waals surface area contributed by atoms with Crippen molar-refractivity contribution in [2.75, 3.05) is 43.4 Å². The summed E-state index contributed by atoms with van der Waals surface area (Å²) in [5, 5.41) is 3.18. The van der Waals surface area contributed by atoms with Crippen LogP contribution < -0.4 is 10.2 Å². The number of hydrogen-bond donors (Lipinski definition) is 1. The molecule has 0 spiro atoms. The van der Waals surface area contributed by atoms with E-state index in [-0.39, 0.29) is 5.91 Å². The van der Waals surface area contributed by atoms with Crippen LogP contribution in [0.5, 0.6) is 0 Å². The summed E-state index contributed by atoms with van der Waals surface area (Å²) >= 11 is 0. The number of pyridine rings is 1. The Balaban J connectivity index is 1.96. The number of aromatic nitrogens is 1. The number of carbonyl (C=O) groups is 1. The summed E-state index contributed by atoms with van der Waals surface area (Å²) in [6, 6.07) is 5.82. The third-order valence-electron chi connectivity index (χ3n) is 3.31. The van der Waals surface area contributed by atoms with Crippen molar-refractivity contribution in [3.05, 3.63) is 18.2 Å². The SMILES string of the molecule is CCNc1cccc(N(C)CC(=O)N2CCCC2)n1. The second-order valence-corrected chi connectivity index (χ2v) is 4.86. The van der Waals surface area contributed by atoms with Crippen LogP contribution in [-0.2, 0) is 4.79 Å². The molecule has 0 saturated carbocycles. The first kappa shape index (κ1) is 13.6. The van der Waals surface area contributed by atoms with Crippen LogP contribution in [0.4, 0.5) is 11.6 Å². The Kier molecular flexibility index (Phi) is 4.60. The molecule has 2 rings (SSSR count). The summed E-state index contributed by atoms with van der Waals surface area (Å²) < 4.78 is 0. The molecule has 0 unspecified atom stereocenters. The van der Waals surface area contributed by atoms with Crippen molar-refractivity contribution < 1.29 is 4.79 Å². The fourth-order valence-electron chi connectivity index (χ4n) is 2.27. The summed E-state index contributed by atoms with van der Waals surface area (Å²) in [5.41, 5.74) is 0. The van der Waals surface area contributed by atoms with Gasteiger partial charge in [0.05, 0.1) is 6.54 Å². The van der Waals surface area contributed by atoms with E-state index in [1.807, 2.05) is 42.0 Å². The number of hydrogen-bond acceptors (Lipinski definition) is 4. The number of amides is 1. The third kappa shape index (κ3) is 3.59. The lowest BCUT2D eigenvalue weighted by atomic mass is 10.4. The van der Waals surface area contributed by atoms with Gasteiger partial charge in [-0.2, -0.15) is 0 Å². The van der Waals surface area contributed by atoms with Gasteiger partial charge >= 0.3 is 0 Å². The van der Waals surface area contributed by atoms with Gasteiger partial charge in [0.2, 0.25) is 5.91 Å². The van der Waals surface area contributed by atoms with E-state index in [2.05, 4.69) is 10.3 Å². The summed E-state index contributed by atoms with van der Waals surface area (Å²) in [4.78, 5) is 20.4. The van der Waals surface area contributed by atoms with Crippen LogP contribution in [0.1, 0.15) is 19.8 Å². The molecule has 5 nitrogen and oxygen atoms in total. The molecule has 1 aliphatic rings. The molecule has 0 aromatic carbocycles. The lowest BCUT2D eigenvalue weighted by molar-refractivity contribution is -0.128. The molecule has 1 saturated heterocycles. The molecule has 1 fully saturated rings. The van der Waals surface area contributed by atoms with Gasteiger partial charge in [-0.25, -0.2) is 4.98 Å². The van der Waals surface area contributed by atoms with Crippen LogP contribution in [-0.4, -0.2) is 49.0 Å². The van der Waals surface area contributed by atoms with Crippen molar-refractivity contribution in [3.63, 3.8) is 0 Å². The van der Waals surface area contributed by atoms with E-state index in [9.17, 15) is 4.79 Å². The van der Waals surface area contributed by atoms with Gasteiger partial charge in [-0.1, -0.05) is 6.07 Å². The predicted molar refractivity (Wildman–Crippen MR) is 77.5 cm³/mol. The fraction of sp³-hybridized carbons (Fsp3) is 0.571. The quantitative estimate of drug-likeness (QED) is 0.875. The maximum atomic E-state index is 12.1. The molecule has 5 heteroatoms. The minimum atomic E-state index is 0.190. The Labute approximate surface area is 114 Å². The van der Waals surface area contributed by atoms with E-state index in [1.165, 1.54) is 0 Å².